The number of rotatable bonds is 7. The quantitative estimate of drug-likeness (QED) is 0.812. The van der Waals surface area contributed by atoms with Crippen molar-refractivity contribution in [1.29, 1.82) is 0 Å². The Hall–Kier alpha value is -0.910. The molecule has 0 amide bonds. The lowest BCUT2D eigenvalue weighted by Crippen LogP contribution is -2.39. The zero-order valence-electron chi connectivity index (χ0n) is 12.7. The third-order valence-electron chi connectivity index (χ3n) is 3.98. The van der Waals surface area contributed by atoms with Crippen LogP contribution < -0.4 is 4.72 Å². The second kappa shape index (κ2) is 6.70. The fourth-order valence-electron chi connectivity index (χ4n) is 2.20. The summed E-state index contributed by atoms with van der Waals surface area (Å²) in [6, 6.07) is 5.26. The van der Waals surface area contributed by atoms with Crippen molar-refractivity contribution >= 4 is 10.0 Å². The Labute approximate surface area is 122 Å². The molecule has 0 aliphatic heterocycles. The van der Waals surface area contributed by atoms with Gasteiger partial charge >= 0.3 is 0 Å². The molecule has 0 atom stereocenters. The molecule has 0 spiro atoms. The first-order valence-corrected chi connectivity index (χ1v) is 8.46. The smallest absolute Gasteiger partial charge is 0.240 e. The molecule has 0 saturated heterocycles. The molecule has 0 saturated carbocycles. The number of hydrogen-bond acceptors (Lipinski definition) is 3. The van der Waals surface area contributed by atoms with E-state index in [0.717, 1.165) is 24.0 Å². The average Bonchev–Trinajstić information content (AvgIpc) is 2.40. The molecule has 0 aromatic heterocycles. The Morgan fingerprint density at radius 3 is 2.00 bits per heavy atom. The molecule has 1 aromatic carbocycles. The molecule has 114 valence electrons. The van der Waals surface area contributed by atoms with Crippen LogP contribution >= 0.6 is 0 Å². The fraction of sp³-hybridized carbons (Fsp3) is 0.600. The van der Waals surface area contributed by atoms with Crippen LogP contribution in [0.2, 0.25) is 0 Å². The van der Waals surface area contributed by atoms with Crippen molar-refractivity contribution < 1.29 is 13.5 Å². The van der Waals surface area contributed by atoms with Gasteiger partial charge in [-0.05, 0) is 49.9 Å². The largest absolute Gasteiger partial charge is 0.396 e. The molecule has 1 rings (SSSR count). The van der Waals surface area contributed by atoms with Crippen LogP contribution in [0.15, 0.2) is 23.1 Å². The first-order valence-electron chi connectivity index (χ1n) is 6.97. The van der Waals surface area contributed by atoms with Gasteiger partial charge in [-0.3, -0.25) is 0 Å². The SMILES string of the molecule is CCC(CC)(CO)CNS(=O)(=O)c1cc(C)cc(C)c1. The molecule has 0 aliphatic carbocycles. The summed E-state index contributed by atoms with van der Waals surface area (Å²) in [5.74, 6) is 0. The molecule has 2 N–H and O–H groups in total. The number of aliphatic hydroxyl groups excluding tert-OH is 1. The lowest BCUT2D eigenvalue weighted by Gasteiger charge is -2.29. The minimum absolute atomic E-state index is 0.0185. The van der Waals surface area contributed by atoms with Gasteiger partial charge in [-0.15, -0.1) is 0 Å². The number of aliphatic hydroxyl groups is 1. The number of nitrogens with one attached hydrogen (secondary N) is 1. The summed E-state index contributed by atoms with van der Waals surface area (Å²) in [5, 5.41) is 9.50. The monoisotopic (exact) mass is 299 g/mol. The van der Waals surface area contributed by atoms with E-state index in [1.54, 1.807) is 12.1 Å². The maximum Gasteiger partial charge on any atom is 0.240 e. The average molecular weight is 299 g/mol. The highest BCUT2D eigenvalue weighted by molar-refractivity contribution is 7.89. The van der Waals surface area contributed by atoms with Gasteiger partial charge in [0.05, 0.1) is 4.90 Å². The minimum atomic E-state index is -3.53. The van der Waals surface area contributed by atoms with Gasteiger partial charge in [0.15, 0.2) is 0 Å². The fourth-order valence-corrected chi connectivity index (χ4v) is 3.54. The van der Waals surface area contributed by atoms with Gasteiger partial charge < -0.3 is 5.11 Å². The van der Waals surface area contributed by atoms with Crippen molar-refractivity contribution in [3.63, 3.8) is 0 Å². The zero-order chi connectivity index (χ0) is 15.4. The Morgan fingerprint density at radius 1 is 1.10 bits per heavy atom. The van der Waals surface area contributed by atoms with Crippen molar-refractivity contribution in [2.24, 2.45) is 5.41 Å². The second-order valence-corrected chi connectivity index (χ2v) is 7.28. The molecule has 1 aromatic rings. The molecule has 0 fully saturated rings. The summed E-state index contributed by atoms with van der Waals surface area (Å²) in [7, 11) is -3.53. The maximum absolute atomic E-state index is 12.3. The highest BCUT2D eigenvalue weighted by Gasteiger charge is 2.27. The predicted molar refractivity (Wildman–Crippen MR) is 81.2 cm³/mol. The van der Waals surface area contributed by atoms with E-state index < -0.39 is 10.0 Å². The molecular weight excluding hydrogens is 274 g/mol. The van der Waals surface area contributed by atoms with Gasteiger partial charge in [0.1, 0.15) is 0 Å². The summed E-state index contributed by atoms with van der Waals surface area (Å²) in [4.78, 5) is 0.286. The minimum Gasteiger partial charge on any atom is -0.396 e. The summed E-state index contributed by atoms with van der Waals surface area (Å²) in [6.07, 6.45) is 1.46. The molecule has 20 heavy (non-hydrogen) atoms. The van der Waals surface area contributed by atoms with Crippen molar-refractivity contribution in [3.05, 3.63) is 29.3 Å². The van der Waals surface area contributed by atoms with Crippen molar-refractivity contribution in [2.75, 3.05) is 13.2 Å². The Bertz CT molecular complexity index is 520. The van der Waals surface area contributed by atoms with Crippen molar-refractivity contribution in [3.8, 4) is 0 Å². The van der Waals surface area contributed by atoms with Crippen LogP contribution in [0, 0.1) is 19.3 Å². The van der Waals surface area contributed by atoms with Crippen LogP contribution in [0.1, 0.15) is 37.8 Å². The highest BCUT2D eigenvalue weighted by Crippen LogP contribution is 2.25. The van der Waals surface area contributed by atoms with E-state index in [0.29, 0.717) is 0 Å². The number of aryl methyl sites for hydroxylation is 2. The van der Waals surface area contributed by atoms with Gasteiger partial charge in [0.25, 0.3) is 0 Å². The van der Waals surface area contributed by atoms with Crippen molar-refractivity contribution in [1.82, 2.24) is 4.72 Å². The summed E-state index contributed by atoms with van der Waals surface area (Å²) >= 11 is 0. The molecule has 0 aliphatic rings. The van der Waals surface area contributed by atoms with Crippen LogP contribution in [0.25, 0.3) is 0 Å². The zero-order valence-corrected chi connectivity index (χ0v) is 13.5. The lowest BCUT2D eigenvalue weighted by molar-refractivity contribution is 0.119. The van der Waals surface area contributed by atoms with Crippen LogP contribution in [0.3, 0.4) is 0 Å². The Morgan fingerprint density at radius 2 is 1.60 bits per heavy atom. The molecule has 0 heterocycles. The van der Waals surface area contributed by atoms with E-state index in [1.807, 2.05) is 33.8 Å². The van der Waals surface area contributed by atoms with Gasteiger partial charge in [-0.2, -0.15) is 0 Å². The third-order valence-corrected chi connectivity index (χ3v) is 5.36. The molecular formula is C15H25NO3S. The van der Waals surface area contributed by atoms with Gasteiger partial charge in [0.2, 0.25) is 10.0 Å². The summed E-state index contributed by atoms with van der Waals surface area (Å²) in [5.41, 5.74) is 1.46. The molecule has 4 nitrogen and oxygen atoms in total. The molecule has 5 heteroatoms. The topological polar surface area (TPSA) is 66.4 Å². The maximum atomic E-state index is 12.3. The molecule has 0 radical (unpaired) electrons. The number of sulfonamides is 1. The van der Waals surface area contributed by atoms with Crippen LogP contribution in [-0.4, -0.2) is 26.7 Å². The second-order valence-electron chi connectivity index (χ2n) is 5.51. The first kappa shape index (κ1) is 17.1. The molecule has 0 unspecified atom stereocenters. The van der Waals surface area contributed by atoms with Gasteiger partial charge in [-0.1, -0.05) is 19.9 Å². The van der Waals surface area contributed by atoms with E-state index in [4.69, 9.17) is 0 Å². The lowest BCUT2D eigenvalue weighted by atomic mass is 9.84. The normalized spacial score (nSPS) is 12.7. The Kier molecular flexibility index (Phi) is 5.74. The third kappa shape index (κ3) is 4.04. The number of hydrogen-bond donors (Lipinski definition) is 2. The molecule has 0 bridgehead atoms. The summed E-state index contributed by atoms with van der Waals surface area (Å²) < 4.78 is 27.3. The van der Waals surface area contributed by atoms with Crippen LogP contribution in [-0.2, 0) is 10.0 Å². The van der Waals surface area contributed by atoms with E-state index >= 15 is 0 Å². The standard InChI is InChI=1S/C15H25NO3S/c1-5-15(6-2,11-17)10-16-20(18,19)14-8-12(3)7-13(4)9-14/h7-9,16-17H,5-6,10-11H2,1-4H3. The highest BCUT2D eigenvalue weighted by atomic mass is 32.2. The predicted octanol–water partition coefficient (Wildman–Crippen LogP) is 2.38. The van der Waals surface area contributed by atoms with E-state index in [1.165, 1.54) is 0 Å². The summed E-state index contributed by atoms with van der Waals surface area (Å²) in [6.45, 7) is 7.92. The van der Waals surface area contributed by atoms with E-state index in [2.05, 4.69) is 4.72 Å². The Balaban J connectivity index is 2.95. The van der Waals surface area contributed by atoms with Crippen LogP contribution in [0.4, 0.5) is 0 Å². The van der Waals surface area contributed by atoms with Crippen LogP contribution in [0.5, 0.6) is 0 Å². The van der Waals surface area contributed by atoms with E-state index in [-0.39, 0.29) is 23.5 Å². The van der Waals surface area contributed by atoms with E-state index in [9.17, 15) is 13.5 Å². The van der Waals surface area contributed by atoms with Crippen molar-refractivity contribution in [2.45, 2.75) is 45.4 Å². The van der Waals surface area contributed by atoms with Gasteiger partial charge in [-0.25, -0.2) is 13.1 Å². The first-order chi connectivity index (χ1) is 9.28. The van der Waals surface area contributed by atoms with Gasteiger partial charge in [0, 0.05) is 18.6 Å². The number of benzene rings is 1.